The van der Waals surface area contributed by atoms with Crippen LogP contribution in [0.4, 0.5) is 24.5 Å². The molecule has 0 spiro atoms. The highest BCUT2D eigenvalue weighted by Gasteiger charge is 2.21. The number of halogens is 3. The molecule has 0 aromatic heterocycles. The van der Waals surface area contributed by atoms with Crippen LogP contribution in [0.15, 0.2) is 59.6 Å². The van der Waals surface area contributed by atoms with Crippen molar-refractivity contribution in [2.45, 2.75) is 32.6 Å². The second-order valence-corrected chi connectivity index (χ2v) is 7.88. The van der Waals surface area contributed by atoms with Crippen LogP contribution in [0.2, 0.25) is 0 Å². The Morgan fingerprint density at radius 2 is 1.74 bits per heavy atom. The van der Waals surface area contributed by atoms with E-state index in [1.165, 1.54) is 30.6 Å². The van der Waals surface area contributed by atoms with E-state index >= 15 is 0 Å². The number of aliphatic imine (C=N–C) groups is 1. The van der Waals surface area contributed by atoms with Crippen molar-refractivity contribution in [2.75, 3.05) is 4.90 Å². The first-order valence-corrected chi connectivity index (χ1v) is 9.74. The number of ether oxygens (including phenoxy) is 1. The number of fused-ring (bicyclic) bond motifs is 1. The lowest BCUT2D eigenvalue weighted by Crippen LogP contribution is -2.25. The lowest BCUT2D eigenvalue weighted by Gasteiger charge is -2.26. The average molecular weight is 426 g/mol. The molecule has 3 aromatic rings. The van der Waals surface area contributed by atoms with Gasteiger partial charge in [-0.05, 0) is 55.3 Å². The van der Waals surface area contributed by atoms with Gasteiger partial charge in [-0.25, -0.2) is 18.2 Å². The summed E-state index contributed by atoms with van der Waals surface area (Å²) in [6.07, 6.45) is 1.51. The molecule has 3 aromatic carbocycles. The van der Waals surface area contributed by atoms with E-state index in [4.69, 9.17) is 4.74 Å². The highest BCUT2D eigenvalue weighted by atomic mass is 19.1. The molecule has 1 heterocycles. The molecule has 1 aliphatic heterocycles. The molecule has 0 amide bonds. The number of aliphatic hydroxyl groups is 1. The van der Waals surface area contributed by atoms with Crippen LogP contribution in [0, 0.1) is 17.5 Å². The van der Waals surface area contributed by atoms with Gasteiger partial charge in [-0.15, -0.1) is 0 Å². The molecule has 0 unspecified atom stereocenters. The van der Waals surface area contributed by atoms with E-state index < -0.39 is 23.1 Å². The van der Waals surface area contributed by atoms with Gasteiger partial charge in [0.1, 0.15) is 29.8 Å². The number of hydrogen-bond acceptors (Lipinski definition) is 4. The quantitative estimate of drug-likeness (QED) is 0.579. The summed E-state index contributed by atoms with van der Waals surface area (Å²) in [4.78, 5) is 6.02. The molecule has 0 saturated heterocycles. The molecule has 1 N–H and O–H groups in total. The van der Waals surface area contributed by atoms with E-state index in [-0.39, 0.29) is 23.6 Å². The summed E-state index contributed by atoms with van der Waals surface area (Å²) in [6.45, 7) is 3.44. The van der Waals surface area contributed by atoms with Gasteiger partial charge in [0, 0.05) is 6.07 Å². The summed E-state index contributed by atoms with van der Waals surface area (Å²) in [7, 11) is 0. The maximum absolute atomic E-state index is 14.5. The zero-order valence-electron chi connectivity index (χ0n) is 17.1. The minimum absolute atomic E-state index is 0.190. The summed E-state index contributed by atoms with van der Waals surface area (Å²) >= 11 is 0. The van der Waals surface area contributed by atoms with Gasteiger partial charge in [0.15, 0.2) is 0 Å². The second kappa shape index (κ2) is 8.07. The Kier molecular flexibility index (Phi) is 5.45. The van der Waals surface area contributed by atoms with E-state index in [2.05, 4.69) is 4.99 Å². The highest BCUT2D eigenvalue weighted by Crippen LogP contribution is 2.33. The van der Waals surface area contributed by atoms with Crippen LogP contribution in [0.3, 0.4) is 0 Å². The molecule has 0 fully saturated rings. The topological polar surface area (TPSA) is 45.1 Å². The Balaban J connectivity index is 1.55. The fourth-order valence-electron chi connectivity index (χ4n) is 3.33. The molecule has 0 saturated carbocycles. The molecular formula is C24H21F3N2O2. The van der Waals surface area contributed by atoms with Crippen LogP contribution in [0.1, 0.15) is 30.5 Å². The first kappa shape index (κ1) is 20.9. The first-order valence-electron chi connectivity index (χ1n) is 9.74. The second-order valence-electron chi connectivity index (χ2n) is 7.88. The molecule has 0 atom stereocenters. The van der Waals surface area contributed by atoms with Crippen molar-refractivity contribution in [2.24, 2.45) is 4.99 Å². The lowest BCUT2D eigenvalue weighted by molar-refractivity contribution is 0.0786. The zero-order valence-corrected chi connectivity index (χ0v) is 17.1. The van der Waals surface area contributed by atoms with Crippen LogP contribution < -0.4 is 9.64 Å². The summed E-state index contributed by atoms with van der Waals surface area (Å²) in [5.74, 6) is -1.61. The fourth-order valence-corrected chi connectivity index (χ4v) is 3.33. The zero-order chi connectivity index (χ0) is 22.2. The van der Waals surface area contributed by atoms with Crippen LogP contribution in [0.5, 0.6) is 5.75 Å². The summed E-state index contributed by atoms with van der Waals surface area (Å²) in [5, 5.41) is 10.2. The van der Waals surface area contributed by atoms with Gasteiger partial charge < -0.3 is 14.7 Å². The van der Waals surface area contributed by atoms with Crippen molar-refractivity contribution in [3.05, 3.63) is 88.7 Å². The Morgan fingerprint density at radius 3 is 2.45 bits per heavy atom. The fraction of sp³-hybridized carbons (Fsp3) is 0.208. The summed E-state index contributed by atoms with van der Waals surface area (Å²) < 4.78 is 47.7. The molecule has 0 aliphatic carbocycles. The molecular weight excluding hydrogens is 405 g/mol. The maximum atomic E-state index is 14.5. The maximum Gasteiger partial charge on any atom is 0.147 e. The molecule has 0 radical (unpaired) electrons. The van der Waals surface area contributed by atoms with E-state index in [0.29, 0.717) is 12.2 Å². The number of anilines is 1. The molecule has 0 bridgehead atoms. The van der Waals surface area contributed by atoms with Crippen molar-refractivity contribution in [1.29, 1.82) is 0 Å². The SMILES string of the molecule is CC(C)(O)c1ccc2c(c1)N=CN(c1cc(OCc3c(F)cccc3F)ccc1F)C2. The number of nitrogens with zero attached hydrogens (tertiary/aromatic N) is 2. The number of rotatable bonds is 5. The predicted molar refractivity (Wildman–Crippen MR) is 113 cm³/mol. The van der Waals surface area contributed by atoms with E-state index in [1.807, 2.05) is 18.2 Å². The van der Waals surface area contributed by atoms with E-state index in [1.54, 1.807) is 18.7 Å². The third-order valence-corrected chi connectivity index (χ3v) is 5.14. The largest absolute Gasteiger partial charge is 0.489 e. The van der Waals surface area contributed by atoms with E-state index in [9.17, 15) is 18.3 Å². The van der Waals surface area contributed by atoms with Crippen LogP contribution in [-0.2, 0) is 18.8 Å². The summed E-state index contributed by atoms with van der Waals surface area (Å²) in [6, 6.07) is 13.2. The van der Waals surface area contributed by atoms with Crippen molar-refractivity contribution in [3.8, 4) is 5.75 Å². The number of benzene rings is 3. The van der Waals surface area contributed by atoms with Gasteiger partial charge in [-0.1, -0.05) is 18.2 Å². The van der Waals surface area contributed by atoms with Gasteiger partial charge in [0.2, 0.25) is 0 Å². The predicted octanol–water partition coefficient (Wildman–Crippen LogP) is 5.59. The minimum atomic E-state index is -0.989. The van der Waals surface area contributed by atoms with Crippen LogP contribution in [0.25, 0.3) is 0 Å². The van der Waals surface area contributed by atoms with Crippen molar-refractivity contribution in [1.82, 2.24) is 0 Å². The Morgan fingerprint density at radius 1 is 1.00 bits per heavy atom. The third kappa shape index (κ3) is 4.41. The van der Waals surface area contributed by atoms with Crippen molar-refractivity contribution >= 4 is 17.7 Å². The monoisotopic (exact) mass is 426 g/mol. The Labute approximate surface area is 178 Å². The summed E-state index contributed by atoms with van der Waals surface area (Å²) in [5.41, 5.74) is 1.36. The molecule has 31 heavy (non-hydrogen) atoms. The van der Waals surface area contributed by atoms with Gasteiger partial charge >= 0.3 is 0 Å². The molecule has 160 valence electrons. The third-order valence-electron chi connectivity index (χ3n) is 5.14. The van der Waals surface area contributed by atoms with Gasteiger partial charge in [0.05, 0.1) is 35.4 Å². The van der Waals surface area contributed by atoms with Gasteiger partial charge in [-0.3, -0.25) is 0 Å². The molecule has 4 rings (SSSR count). The van der Waals surface area contributed by atoms with Crippen molar-refractivity contribution < 1.29 is 23.0 Å². The average Bonchev–Trinajstić information content (AvgIpc) is 2.73. The van der Waals surface area contributed by atoms with Crippen molar-refractivity contribution in [3.63, 3.8) is 0 Å². The molecule has 4 nitrogen and oxygen atoms in total. The number of hydrogen-bond donors (Lipinski definition) is 1. The standard InChI is InChI=1S/C24H21F3N2O2/c1-24(2,30)16-7-6-15-12-29(14-28-22(15)10-16)23-11-17(8-9-21(23)27)31-13-18-19(25)4-3-5-20(18)26/h3-11,14,30H,12-13H2,1-2H3. The van der Waals surface area contributed by atoms with Crippen LogP contribution >= 0.6 is 0 Å². The lowest BCUT2D eigenvalue weighted by atomic mass is 9.96. The normalized spacial score (nSPS) is 13.3. The van der Waals surface area contributed by atoms with Gasteiger partial charge in [0.25, 0.3) is 0 Å². The highest BCUT2D eigenvalue weighted by molar-refractivity contribution is 5.84. The Bertz CT molecular complexity index is 1140. The molecule has 7 heteroatoms. The smallest absolute Gasteiger partial charge is 0.147 e. The Hall–Kier alpha value is -3.32. The van der Waals surface area contributed by atoms with E-state index in [0.717, 1.165) is 23.3 Å². The van der Waals surface area contributed by atoms with Gasteiger partial charge in [-0.2, -0.15) is 0 Å². The minimum Gasteiger partial charge on any atom is -0.489 e. The van der Waals surface area contributed by atoms with Crippen LogP contribution in [-0.4, -0.2) is 11.4 Å². The first-order chi connectivity index (χ1) is 14.7. The molecule has 1 aliphatic rings.